The van der Waals surface area contributed by atoms with Gasteiger partial charge in [0.1, 0.15) is 5.82 Å². The fourth-order valence-electron chi connectivity index (χ4n) is 3.75. The maximum absolute atomic E-state index is 14.1. The highest BCUT2D eigenvalue weighted by atomic mass is 32.2. The van der Waals surface area contributed by atoms with E-state index in [4.69, 9.17) is 0 Å². The molecule has 4 rings (SSSR count). The molecule has 0 aromatic heterocycles. The van der Waals surface area contributed by atoms with Gasteiger partial charge in [0.2, 0.25) is 0 Å². The molecule has 166 valence electrons. The van der Waals surface area contributed by atoms with E-state index >= 15 is 0 Å². The Morgan fingerprint density at radius 1 is 0.969 bits per heavy atom. The molecule has 0 bridgehead atoms. The Morgan fingerprint density at radius 2 is 1.69 bits per heavy atom. The number of hydrogen-bond donors (Lipinski definition) is 1. The number of nitrogens with zero attached hydrogens (tertiary/aromatic N) is 2. The second-order valence-electron chi connectivity index (χ2n) is 7.74. The second kappa shape index (κ2) is 9.00. The first-order chi connectivity index (χ1) is 15.3. The summed E-state index contributed by atoms with van der Waals surface area (Å²) < 4.78 is 42.6. The van der Waals surface area contributed by atoms with Crippen LogP contribution in [0.3, 0.4) is 0 Å². The van der Waals surface area contributed by atoms with Gasteiger partial charge in [-0.1, -0.05) is 42.5 Å². The zero-order valence-electron chi connectivity index (χ0n) is 17.7. The standard InChI is InChI=1S/C24H24FN3O3S/c1-18-12-13-23(22(16-18)26-32(30,31)20-9-3-2-4-10-20)28-15-7-14-27(24(28)29)17-19-8-5-6-11-21(19)25/h2-6,8-13,16,26H,7,14-15,17H2,1H3. The molecule has 1 saturated heterocycles. The Balaban J connectivity index is 1.63. The number of amides is 2. The van der Waals surface area contributed by atoms with Gasteiger partial charge in [0.15, 0.2) is 0 Å². The van der Waals surface area contributed by atoms with Crippen LogP contribution in [0.2, 0.25) is 0 Å². The van der Waals surface area contributed by atoms with Crippen LogP contribution in [-0.2, 0) is 16.6 Å². The zero-order valence-corrected chi connectivity index (χ0v) is 18.5. The molecule has 0 aliphatic carbocycles. The largest absolute Gasteiger partial charge is 0.324 e. The molecule has 0 spiro atoms. The van der Waals surface area contributed by atoms with Gasteiger partial charge in [-0.3, -0.25) is 9.62 Å². The SMILES string of the molecule is Cc1ccc(N2CCCN(Cc3ccccc3F)C2=O)c(NS(=O)(=O)c2ccccc2)c1. The fourth-order valence-corrected chi connectivity index (χ4v) is 4.84. The van der Waals surface area contributed by atoms with Crippen LogP contribution in [0.1, 0.15) is 17.5 Å². The van der Waals surface area contributed by atoms with Crippen LogP contribution in [0.4, 0.5) is 20.6 Å². The van der Waals surface area contributed by atoms with Gasteiger partial charge >= 0.3 is 6.03 Å². The third kappa shape index (κ3) is 4.60. The Kier molecular flexibility index (Phi) is 6.14. The van der Waals surface area contributed by atoms with Crippen LogP contribution in [0.5, 0.6) is 0 Å². The number of carbonyl (C=O) groups excluding carboxylic acids is 1. The topological polar surface area (TPSA) is 69.7 Å². The maximum Gasteiger partial charge on any atom is 0.324 e. The smallest absolute Gasteiger partial charge is 0.320 e. The minimum atomic E-state index is -3.83. The normalized spacial score (nSPS) is 14.5. The lowest BCUT2D eigenvalue weighted by molar-refractivity contribution is 0.192. The van der Waals surface area contributed by atoms with Crippen LogP contribution < -0.4 is 9.62 Å². The first-order valence-electron chi connectivity index (χ1n) is 10.3. The number of anilines is 2. The number of benzene rings is 3. The number of carbonyl (C=O) groups is 1. The molecule has 1 aliphatic rings. The van der Waals surface area contributed by atoms with Crippen LogP contribution in [0.15, 0.2) is 77.7 Å². The lowest BCUT2D eigenvalue weighted by atomic mass is 10.1. The summed E-state index contributed by atoms with van der Waals surface area (Å²) in [6.07, 6.45) is 0.680. The molecule has 1 fully saturated rings. The van der Waals surface area contributed by atoms with Crippen molar-refractivity contribution in [3.8, 4) is 0 Å². The van der Waals surface area contributed by atoms with Crippen molar-refractivity contribution in [2.45, 2.75) is 24.8 Å². The molecule has 0 saturated carbocycles. The Hall–Kier alpha value is -3.39. The molecule has 0 unspecified atom stereocenters. The minimum Gasteiger partial charge on any atom is -0.320 e. The molecule has 1 N–H and O–H groups in total. The first kappa shape index (κ1) is 21.8. The van der Waals surface area contributed by atoms with E-state index in [0.717, 1.165) is 5.56 Å². The third-order valence-corrected chi connectivity index (χ3v) is 6.75. The average Bonchev–Trinajstić information content (AvgIpc) is 2.78. The molecule has 1 heterocycles. The van der Waals surface area contributed by atoms with E-state index < -0.39 is 10.0 Å². The van der Waals surface area contributed by atoms with Crippen molar-refractivity contribution < 1.29 is 17.6 Å². The summed E-state index contributed by atoms with van der Waals surface area (Å²) in [6, 6.07) is 19.4. The number of hydrogen-bond acceptors (Lipinski definition) is 3. The third-order valence-electron chi connectivity index (χ3n) is 5.37. The molecule has 1 aliphatic heterocycles. The molecule has 3 aromatic rings. The van der Waals surface area contributed by atoms with Gasteiger partial charge in [-0.25, -0.2) is 17.6 Å². The van der Waals surface area contributed by atoms with Crippen molar-refractivity contribution in [1.82, 2.24) is 4.90 Å². The Morgan fingerprint density at radius 3 is 2.44 bits per heavy atom. The van der Waals surface area contributed by atoms with Crippen LogP contribution >= 0.6 is 0 Å². The van der Waals surface area contributed by atoms with Crippen LogP contribution in [-0.4, -0.2) is 32.4 Å². The zero-order chi connectivity index (χ0) is 22.7. The minimum absolute atomic E-state index is 0.138. The molecular formula is C24H24FN3O3S. The van der Waals surface area contributed by atoms with Gasteiger partial charge in [0.05, 0.1) is 22.8 Å². The van der Waals surface area contributed by atoms with E-state index in [9.17, 15) is 17.6 Å². The summed E-state index contributed by atoms with van der Waals surface area (Å²) in [5.41, 5.74) is 2.09. The van der Waals surface area contributed by atoms with Crippen molar-refractivity contribution in [3.05, 3.63) is 89.7 Å². The number of aryl methyl sites for hydroxylation is 1. The van der Waals surface area contributed by atoms with Crippen molar-refractivity contribution >= 4 is 27.4 Å². The monoisotopic (exact) mass is 453 g/mol. The lowest BCUT2D eigenvalue weighted by Crippen LogP contribution is -2.49. The summed E-state index contributed by atoms with van der Waals surface area (Å²) in [4.78, 5) is 16.5. The summed E-state index contributed by atoms with van der Waals surface area (Å²) in [7, 11) is -3.83. The Labute approximate surface area is 187 Å². The Bertz CT molecular complexity index is 1230. The van der Waals surface area contributed by atoms with Gasteiger partial charge in [-0.15, -0.1) is 0 Å². The predicted octanol–water partition coefficient (Wildman–Crippen LogP) is 4.77. The molecule has 2 amide bonds. The van der Waals surface area contributed by atoms with E-state index in [2.05, 4.69) is 4.72 Å². The number of urea groups is 1. The van der Waals surface area contributed by atoms with E-state index in [1.807, 2.05) is 13.0 Å². The van der Waals surface area contributed by atoms with Gasteiger partial charge in [0, 0.05) is 18.7 Å². The maximum atomic E-state index is 14.1. The molecule has 0 radical (unpaired) electrons. The van der Waals surface area contributed by atoms with E-state index in [0.29, 0.717) is 36.4 Å². The number of rotatable bonds is 6. The highest BCUT2D eigenvalue weighted by Crippen LogP contribution is 2.32. The highest BCUT2D eigenvalue weighted by molar-refractivity contribution is 7.92. The molecule has 3 aromatic carbocycles. The van der Waals surface area contributed by atoms with Crippen molar-refractivity contribution in [2.75, 3.05) is 22.7 Å². The number of halogens is 1. The summed E-state index contributed by atoms with van der Waals surface area (Å²) >= 11 is 0. The summed E-state index contributed by atoms with van der Waals surface area (Å²) in [5, 5.41) is 0. The fraction of sp³-hybridized carbons (Fsp3) is 0.208. The average molecular weight is 454 g/mol. The molecule has 0 atom stereocenters. The predicted molar refractivity (Wildman–Crippen MR) is 123 cm³/mol. The van der Waals surface area contributed by atoms with Crippen LogP contribution in [0, 0.1) is 12.7 Å². The molecule has 6 nitrogen and oxygen atoms in total. The van der Waals surface area contributed by atoms with Gasteiger partial charge < -0.3 is 4.90 Å². The van der Waals surface area contributed by atoms with E-state index in [-0.39, 0.29) is 23.3 Å². The summed E-state index contributed by atoms with van der Waals surface area (Å²) in [6.45, 7) is 2.95. The molecular weight excluding hydrogens is 429 g/mol. The molecule has 32 heavy (non-hydrogen) atoms. The number of nitrogens with one attached hydrogen (secondary N) is 1. The molecule has 8 heteroatoms. The number of sulfonamides is 1. The van der Waals surface area contributed by atoms with Crippen molar-refractivity contribution in [2.24, 2.45) is 0 Å². The second-order valence-corrected chi connectivity index (χ2v) is 9.42. The van der Waals surface area contributed by atoms with Gasteiger partial charge in [-0.05, 0) is 49.2 Å². The van der Waals surface area contributed by atoms with E-state index in [1.54, 1.807) is 58.3 Å². The van der Waals surface area contributed by atoms with Gasteiger partial charge in [-0.2, -0.15) is 0 Å². The van der Waals surface area contributed by atoms with Crippen LogP contribution in [0.25, 0.3) is 0 Å². The van der Waals surface area contributed by atoms with Gasteiger partial charge in [0.25, 0.3) is 10.0 Å². The lowest BCUT2D eigenvalue weighted by Gasteiger charge is -2.36. The van der Waals surface area contributed by atoms with Crippen molar-refractivity contribution in [3.63, 3.8) is 0 Å². The van der Waals surface area contributed by atoms with E-state index in [1.165, 1.54) is 18.2 Å². The first-order valence-corrected chi connectivity index (χ1v) is 11.8. The van der Waals surface area contributed by atoms with Crippen molar-refractivity contribution in [1.29, 1.82) is 0 Å². The summed E-state index contributed by atoms with van der Waals surface area (Å²) in [5.74, 6) is -0.357. The quantitative estimate of drug-likeness (QED) is 0.585. The highest BCUT2D eigenvalue weighted by Gasteiger charge is 2.29.